The van der Waals surface area contributed by atoms with Gasteiger partial charge < -0.3 is 0 Å². The summed E-state index contributed by atoms with van der Waals surface area (Å²) < 4.78 is 14.6. The van der Waals surface area contributed by atoms with E-state index in [0.717, 1.165) is 5.56 Å². The third-order valence-corrected chi connectivity index (χ3v) is 3.92. The predicted octanol–water partition coefficient (Wildman–Crippen LogP) is 1.25. The highest BCUT2D eigenvalue weighted by Gasteiger charge is 2.31. The van der Waals surface area contributed by atoms with Crippen LogP contribution in [0.1, 0.15) is 5.56 Å². The van der Waals surface area contributed by atoms with Crippen LogP contribution in [0.4, 0.5) is 0 Å². The molecular weight excluding hydrogens is 306 g/mol. The van der Waals surface area contributed by atoms with Crippen LogP contribution in [0.2, 0.25) is 0 Å². The standard InChI is InChI=1S/C10H10BrN3O2S/c1-13-12-9(11)10(15)14(17(13)16)7-8-5-3-2-4-6-8/h2-6H,7H2,1H3. The van der Waals surface area contributed by atoms with Crippen molar-refractivity contribution in [3.05, 3.63) is 35.9 Å². The first-order valence-electron chi connectivity index (χ1n) is 4.85. The summed E-state index contributed by atoms with van der Waals surface area (Å²) in [4.78, 5) is 11.8. The van der Waals surface area contributed by atoms with E-state index < -0.39 is 11.2 Å². The summed E-state index contributed by atoms with van der Waals surface area (Å²) in [5.74, 6) is -0.370. The number of hydrazone groups is 1. The van der Waals surface area contributed by atoms with Crippen LogP contribution in [0.25, 0.3) is 0 Å². The van der Waals surface area contributed by atoms with E-state index in [9.17, 15) is 9.00 Å². The second-order valence-corrected chi connectivity index (χ2v) is 5.59. The van der Waals surface area contributed by atoms with Crippen molar-refractivity contribution in [1.82, 2.24) is 8.72 Å². The van der Waals surface area contributed by atoms with Gasteiger partial charge in [0.05, 0.1) is 6.54 Å². The minimum atomic E-state index is -1.57. The number of carbonyl (C=O) groups is 1. The highest BCUT2D eigenvalue weighted by molar-refractivity contribution is 9.19. The molecule has 7 heteroatoms. The number of carbonyl (C=O) groups excluding carboxylic acids is 1. The summed E-state index contributed by atoms with van der Waals surface area (Å²) in [5, 5.41) is 3.81. The summed E-state index contributed by atoms with van der Waals surface area (Å²) in [6.07, 6.45) is 0. The maximum atomic E-state index is 11.9. The zero-order valence-corrected chi connectivity index (χ0v) is 11.4. The van der Waals surface area contributed by atoms with E-state index in [0.29, 0.717) is 6.54 Å². The predicted molar refractivity (Wildman–Crippen MR) is 69.3 cm³/mol. The van der Waals surface area contributed by atoms with Gasteiger partial charge in [0.2, 0.25) is 11.2 Å². The molecule has 0 aromatic heterocycles. The average Bonchev–Trinajstić information content (AvgIpc) is 2.33. The van der Waals surface area contributed by atoms with Gasteiger partial charge in [-0.1, -0.05) is 30.3 Å². The van der Waals surface area contributed by atoms with Gasteiger partial charge in [-0.15, -0.1) is 0 Å². The number of hydrogen-bond acceptors (Lipinski definition) is 3. The molecule has 0 radical (unpaired) electrons. The molecule has 5 nitrogen and oxygen atoms in total. The van der Waals surface area contributed by atoms with E-state index in [1.165, 1.54) is 8.72 Å². The van der Waals surface area contributed by atoms with Crippen LogP contribution in [0.3, 0.4) is 0 Å². The first-order valence-corrected chi connectivity index (χ1v) is 6.71. The van der Waals surface area contributed by atoms with Crippen molar-refractivity contribution in [1.29, 1.82) is 0 Å². The molecule has 1 unspecified atom stereocenters. The van der Waals surface area contributed by atoms with Crippen LogP contribution in [0.15, 0.2) is 35.4 Å². The Labute approximate surface area is 110 Å². The van der Waals surface area contributed by atoms with Gasteiger partial charge in [-0.25, -0.2) is 8.51 Å². The summed E-state index contributed by atoms with van der Waals surface area (Å²) in [6.45, 7) is 0.293. The molecule has 0 saturated heterocycles. The normalized spacial score (nSPS) is 20.5. The minimum Gasteiger partial charge on any atom is -0.265 e. The smallest absolute Gasteiger partial charge is 0.265 e. The van der Waals surface area contributed by atoms with E-state index in [-0.39, 0.29) is 10.5 Å². The largest absolute Gasteiger partial charge is 0.294 e. The first-order chi connectivity index (χ1) is 8.09. The number of halogens is 1. The fraction of sp³-hybridized carbons (Fsp3) is 0.200. The number of nitrogens with zero attached hydrogens (tertiary/aromatic N) is 3. The van der Waals surface area contributed by atoms with E-state index in [1.54, 1.807) is 7.05 Å². The fourth-order valence-electron chi connectivity index (χ4n) is 1.39. The Balaban J connectivity index is 2.24. The highest BCUT2D eigenvalue weighted by atomic mass is 79.9. The number of hydrogen-bond donors (Lipinski definition) is 0. The van der Waals surface area contributed by atoms with E-state index in [1.807, 2.05) is 30.3 Å². The second-order valence-electron chi connectivity index (χ2n) is 3.41. The molecule has 1 aliphatic heterocycles. The molecule has 1 aliphatic rings. The summed E-state index contributed by atoms with van der Waals surface area (Å²) in [5.41, 5.74) is 0.921. The molecule has 1 aromatic rings. The summed E-state index contributed by atoms with van der Waals surface area (Å²) >= 11 is 1.48. The zero-order valence-electron chi connectivity index (χ0n) is 9.04. The van der Waals surface area contributed by atoms with E-state index in [2.05, 4.69) is 21.0 Å². The molecule has 90 valence electrons. The monoisotopic (exact) mass is 315 g/mol. The van der Waals surface area contributed by atoms with Gasteiger partial charge in [0.25, 0.3) is 5.91 Å². The van der Waals surface area contributed by atoms with Gasteiger partial charge in [0.15, 0.2) is 4.62 Å². The third kappa shape index (κ3) is 2.55. The van der Waals surface area contributed by atoms with Gasteiger partial charge in [0, 0.05) is 7.05 Å². The summed E-state index contributed by atoms with van der Waals surface area (Å²) in [6, 6.07) is 9.40. The molecule has 0 bridgehead atoms. The lowest BCUT2D eigenvalue weighted by molar-refractivity contribution is -0.120. The molecule has 0 fully saturated rings. The van der Waals surface area contributed by atoms with E-state index in [4.69, 9.17) is 0 Å². The Morgan fingerprint density at radius 3 is 2.65 bits per heavy atom. The van der Waals surface area contributed by atoms with Crippen molar-refractivity contribution in [2.24, 2.45) is 5.10 Å². The molecule has 0 saturated carbocycles. The molecule has 1 aromatic carbocycles. The van der Waals surface area contributed by atoms with E-state index >= 15 is 0 Å². The number of amides is 1. The zero-order chi connectivity index (χ0) is 12.4. The highest BCUT2D eigenvalue weighted by Crippen LogP contribution is 2.16. The quantitative estimate of drug-likeness (QED) is 0.824. The van der Waals surface area contributed by atoms with Crippen molar-refractivity contribution in [3.8, 4) is 0 Å². The first kappa shape index (κ1) is 12.3. The van der Waals surface area contributed by atoms with Crippen molar-refractivity contribution in [2.75, 3.05) is 7.05 Å². The van der Waals surface area contributed by atoms with Crippen LogP contribution in [-0.4, -0.2) is 30.5 Å². The van der Waals surface area contributed by atoms with Crippen LogP contribution < -0.4 is 0 Å². The second kappa shape index (κ2) is 4.97. The maximum Gasteiger partial charge on any atom is 0.294 e. The van der Waals surface area contributed by atoms with Crippen molar-refractivity contribution in [2.45, 2.75) is 6.54 Å². The molecule has 1 atom stereocenters. The van der Waals surface area contributed by atoms with Crippen molar-refractivity contribution >= 4 is 37.6 Å². The lowest BCUT2D eigenvalue weighted by atomic mass is 10.2. The van der Waals surface area contributed by atoms with Gasteiger partial charge in [0.1, 0.15) is 0 Å². The molecule has 0 aliphatic carbocycles. The van der Waals surface area contributed by atoms with Crippen LogP contribution in [0.5, 0.6) is 0 Å². The molecule has 0 spiro atoms. The third-order valence-electron chi connectivity index (χ3n) is 2.22. The van der Waals surface area contributed by atoms with Gasteiger partial charge in [-0.2, -0.15) is 9.52 Å². The van der Waals surface area contributed by atoms with Crippen LogP contribution in [-0.2, 0) is 22.5 Å². The lowest BCUT2D eigenvalue weighted by Gasteiger charge is -2.28. The Kier molecular flexibility index (Phi) is 3.58. The van der Waals surface area contributed by atoms with Crippen molar-refractivity contribution < 1.29 is 9.00 Å². The van der Waals surface area contributed by atoms with Gasteiger partial charge in [-0.05, 0) is 21.5 Å². The Morgan fingerprint density at radius 1 is 1.35 bits per heavy atom. The number of rotatable bonds is 2. The molecule has 1 heterocycles. The van der Waals surface area contributed by atoms with Gasteiger partial charge >= 0.3 is 0 Å². The molecule has 17 heavy (non-hydrogen) atoms. The van der Waals surface area contributed by atoms with Crippen LogP contribution >= 0.6 is 15.9 Å². The average molecular weight is 316 g/mol. The maximum absolute atomic E-state index is 11.9. The minimum absolute atomic E-state index is 0.163. The Hall–Kier alpha value is -1.21. The van der Waals surface area contributed by atoms with Crippen molar-refractivity contribution in [3.63, 3.8) is 0 Å². The number of benzene rings is 1. The molecular formula is C10H10BrN3O2S. The Bertz CT molecular complexity index is 492. The fourth-order valence-corrected chi connectivity index (χ4v) is 2.99. The summed E-state index contributed by atoms with van der Waals surface area (Å²) in [7, 11) is 1.56. The topological polar surface area (TPSA) is 53.0 Å². The molecule has 1 amide bonds. The molecule has 0 N–H and O–H groups in total. The SMILES string of the molecule is CN1N=C(Br)C(=O)N(Cc2ccccc2)S1=O. The van der Waals surface area contributed by atoms with Crippen LogP contribution in [0, 0.1) is 0 Å². The van der Waals surface area contributed by atoms with Gasteiger partial charge in [-0.3, -0.25) is 4.79 Å². The Morgan fingerprint density at radius 2 is 2.00 bits per heavy atom. The molecule has 2 rings (SSSR count). The lowest BCUT2D eigenvalue weighted by Crippen LogP contribution is -2.45.